The zero-order valence-corrected chi connectivity index (χ0v) is 15.5. The van der Waals surface area contributed by atoms with E-state index in [1.807, 2.05) is 6.07 Å². The summed E-state index contributed by atoms with van der Waals surface area (Å²) in [4.78, 5) is 18.4. The van der Waals surface area contributed by atoms with Gasteiger partial charge in [-0.05, 0) is 31.9 Å². The van der Waals surface area contributed by atoms with Crippen molar-refractivity contribution in [3.05, 3.63) is 30.5 Å². The molecule has 0 amide bonds. The lowest BCUT2D eigenvalue weighted by Gasteiger charge is -2.40. The fraction of sp³-hybridized carbons (Fsp3) is 0.474. The third kappa shape index (κ3) is 3.94. The summed E-state index contributed by atoms with van der Waals surface area (Å²) < 4.78 is 24.9. The van der Waals surface area contributed by atoms with Crippen LogP contribution in [0.2, 0.25) is 0 Å². The van der Waals surface area contributed by atoms with Gasteiger partial charge < -0.3 is 15.2 Å². The molecule has 148 valence electrons. The van der Waals surface area contributed by atoms with Crippen LogP contribution in [0.5, 0.6) is 0 Å². The molecule has 1 spiro atoms. The first-order valence-electron chi connectivity index (χ1n) is 9.46. The molecule has 0 bridgehead atoms. The van der Waals surface area contributed by atoms with Gasteiger partial charge in [-0.15, -0.1) is 0 Å². The lowest BCUT2D eigenvalue weighted by atomic mass is 9.79. The van der Waals surface area contributed by atoms with Gasteiger partial charge in [0.2, 0.25) is 5.71 Å². The molecule has 2 aromatic rings. The van der Waals surface area contributed by atoms with Crippen LogP contribution in [0.4, 0.5) is 14.6 Å². The van der Waals surface area contributed by atoms with Gasteiger partial charge in [-0.25, -0.2) is 15.0 Å². The maximum Gasteiger partial charge on any atom is 0.320 e. The standard InChI is InChI=1S/C19H23F2N7/c20-18(21)13(22)2-3-16-24-9-15(27-16)14-8-17(26-12-25-14)28-7-1-4-19(11-28)5-6-23-10-19/h2-3,8-9,12,18,22-23H,1,4-7,10-11H2,(H,24,27)/p+1/b3-2-,22-13?. The van der Waals surface area contributed by atoms with Crippen molar-refractivity contribution in [1.82, 2.24) is 25.3 Å². The van der Waals surface area contributed by atoms with E-state index in [9.17, 15) is 8.78 Å². The molecule has 0 aliphatic carbocycles. The van der Waals surface area contributed by atoms with E-state index >= 15 is 0 Å². The highest BCUT2D eigenvalue weighted by Crippen LogP contribution is 2.37. The Balaban J connectivity index is 1.50. The predicted octanol–water partition coefficient (Wildman–Crippen LogP) is 0.925. The Kier molecular flexibility index (Phi) is 5.17. The molecule has 28 heavy (non-hydrogen) atoms. The van der Waals surface area contributed by atoms with E-state index in [1.165, 1.54) is 18.9 Å². The van der Waals surface area contributed by atoms with Crippen LogP contribution in [-0.4, -0.2) is 58.3 Å². The lowest BCUT2D eigenvalue weighted by molar-refractivity contribution is -0.124. The Morgan fingerprint density at radius 3 is 2.96 bits per heavy atom. The average molecular weight is 388 g/mol. The van der Waals surface area contributed by atoms with Gasteiger partial charge in [0.05, 0.1) is 17.6 Å². The Labute approximate surface area is 161 Å². The first-order chi connectivity index (χ1) is 13.5. The number of allylic oxidation sites excluding steroid dienone is 1. The van der Waals surface area contributed by atoms with Crippen molar-refractivity contribution < 1.29 is 14.2 Å². The van der Waals surface area contributed by atoms with Crippen molar-refractivity contribution >= 4 is 17.6 Å². The number of hydrogen-bond donors (Lipinski definition) is 3. The molecule has 4 N–H and O–H groups in total. The van der Waals surface area contributed by atoms with Gasteiger partial charge in [0, 0.05) is 37.2 Å². The molecular weight excluding hydrogens is 364 g/mol. The summed E-state index contributed by atoms with van der Waals surface area (Å²) >= 11 is 0. The first kappa shape index (κ1) is 18.7. The van der Waals surface area contributed by atoms with Crippen LogP contribution >= 0.6 is 0 Å². The quantitative estimate of drug-likeness (QED) is 0.663. The Morgan fingerprint density at radius 1 is 1.29 bits per heavy atom. The van der Waals surface area contributed by atoms with E-state index in [1.54, 1.807) is 12.5 Å². The smallest absolute Gasteiger partial charge is 0.320 e. The number of rotatable bonds is 5. The molecule has 0 aromatic carbocycles. The second kappa shape index (κ2) is 7.75. The van der Waals surface area contributed by atoms with Gasteiger partial charge in [0.15, 0.2) is 0 Å². The van der Waals surface area contributed by atoms with Crippen molar-refractivity contribution in [3.8, 4) is 11.4 Å². The summed E-state index contributed by atoms with van der Waals surface area (Å²) in [7, 11) is 0. The highest BCUT2D eigenvalue weighted by molar-refractivity contribution is 5.95. The third-order valence-corrected chi connectivity index (χ3v) is 5.53. The van der Waals surface area contributed by atoms with Crippen LogP contribution in [0.15, 0.2) is 24.7 Å². The number of piperidine rings is 1. The van der Waals surface area contributed by atoms with Crippen LogP contribution < -0.4 is 15.6 Å². The minimum absolute atomic E-state index is 0.344. The minimum Gasteiger partial charge on any atom is -0.356 e. The van der Waals surface area contributed by atoms with E-state index in [0.717, 1.165) is 44.5 Å². The number of nitrogens with zero attached hydrogens (tertiary/aromatic N) is 4. The van der Waals surface area contributed by atoms with Crippen molar-refractivity contribution in [2.24, 2.45) is 5.41 Å². The van der Waals surface area contributed by atoms with Crippen LogP contribution in [0.3, 0.4) is 0 Å². The zero-order chi connectivity index (χ0) is 19.6. The molecule has 0 radical (unpaired) electrons. The van der Waals surface area contributed by atoms with Gasteiger partial charge in [-0.2, -0.15) is 8.78 Å². The van der Waals surface area contributed by atoms with E-state index in [-0.39, 0.29) is 0 Å². The molecule has 0 saturated carbocycles. The van der Waals surface area contributed by atoms with Crippen LogP contribution in [-0.2, 0) is 0 Å². The number of nitrogens with one attached hydrogen (secondary N) is 2. The molecule has 2 saturated heterocycles. The molecule has 2 aromatic heterocycles. The number of aromatic nitrogens is 4. The topological polar surface area (TPSA) is 95.3 Å². The van der Waals surface area contributed by atoms with Crippen LogP contribution in [0.1, 0.15) is 25.1 Å². The number of hydrogen-bond acceptors (Lipinski definition) is 5. The fourth-order valence-corrected chi connectivity index (χ4v) is 4.01. The number of nitrogens with two attached hydrogens (primary N) is 1. The average Bonchev–Trinajstić information content (AvgIpc) is 3.36. The van der Waals surface area contributed by atoms with E-state index in [4.69, 9.17) is 5.41 Å². The second-order valence-electron chi connectivity index (χ2n) is 7.53. The number of alkyl halides is 2. The number of halogens is 2. The molecule has 1 unspecified atom stereocenters. The number of H-pyrrole nitrogens is 1. The highest BCUT2D eigenvalue weighted by atomic mass is 19.3. The monoisotopic (exact) mass is 388 g/mol. The fourth-order valence-electron chi connectivity index (χ4n) is 4.01. The van der Waals surface area contributed by atoms with E-state index in [2.05, 4.69) is 30.2 Å². The SMILES string of the molecule is [NH2+]=C(/C=C\c1ncc(-c2cc(N3CCCC4(CCNC4)C3)ncn2)[nH]1)C(F)F. The molecule has 2 fully saturated rings. The Hall–Kier alpha value is -2.68. The molecular formula is C19H24F2N7+. The van der Waals surface area contributed by atoms with Gasteiger partial charge in [-0.3, -0.25) is 5.41 Å². The third-order valence-electron chi connectivity index (χ3n) is 5.53. The molecule has 2 aliphatic rings. The van der Waals surface area contributed by atoms with Crippen LogP contribution in [0, 0.1) is 5.41 Å². The molecule has 1 atom stereocenters. The number of anilines is 1. The zero-order valence-electron chi connectivity index (χ0n) is 15.5. The number of imidazole rings is 1. The van der Waals surface area contributed by atoms with Gasteiger partial charge in [-0.1, -0.05) is 0 Å². The van der Waals surface area contributed by atoms with Crippen molar-refractivity contribution in [1.29, 1.82) is 0 Å². The summed E-state index contributed by atoms with van der Waals surface area (Å²) in [6.45, 7) is 4.13. The molecule has 7 nitrogen and oxygen atoms in total. The summed E-state index contributed by atoms with van der Waals surface area (Å²) in [6, 6.07) is 1.95. The summed E-state index contributed by atoms with van der Waals surface area (Å²) in [6.07, 6.45) is 6.69. The normalized spacial score (nSPS) is 22.6. The van der Waals surface area contributed by atoms with Gasteiger partial charge in [0.25, 0.3) is 0 Å². The number of aromatic amines is 1. The molecule has 9 heteroatoms. The Morgan fingerprint density at radius 2 is 2.18 bits per heavy atom. The summed E-state index contributed by atoms with van der Waals surface area (Å²) in [5.74, 6) is 1.34. The van der Waals surface area contributed by atoms with E-state index < -0.39 is 12.1 Å². The lowest BCUT2D eigenvalue weighted by Crippen LogP contribution is -2.44. The first-order valence-corrected chi connectivity index (χ1v) is 9.46. The Bertz CT molecular complexity index is 871. The summed E-state index contributed by atoms with van der Waals surface area (Å²) in [5, 5.41) is 8.73. The van der Waals surface area contributed by atoms with E-state index in [0.29, 0.717) is 22.6 Å². The predicted molar refractivity (Wildman–Crippen MR) is 103 cm³/mol. The largest absolute Gasteiger partial charge is 0.356 e. The maximum absolute atomic E-state index is 12.5. The summed E-state index contributed by atoms with van der Waals surface area (Å²) in [5.41, 5.74) is 1.26. The van der Waals surface area contributed by atoms with Crippen molar-refractivity contribution in [2.75, 3.05) is 31.1 Å². The molecule has 4 heterocycles. The van der Waals surface area contributed by atoms with Crippen molar-refractivity contribution in [3.63, 3.8) is 0 Å². The van der Waals surface area contributed by atoms with Crippen molar-refractivity contribution in [2.45, 2.75) is 25.7 Å². The van der Waals surface area contributed by atoms with Gasteiger partial charge in [0.1, 0.15) is 18.0 Å². The van der Waals surface area contributed by atoms with Crippen LogP contribution in [0.25, 0.3) is 17.5 Å². The van der Waals surface area contributed by atoms with Gasteiger partial charge >= 0.3 is 6.43 Å². The minimum atomic E-state index is -2.68. The second-order valence-corrected chi connectivity index (χ2v) is 7.53. The highest BCUT2D eigenvalue weighted by Gasteiger charge is 2.38. The molecule has 2 aliphatic heterocycles. The molecule has 4 rings (SSSR count). The maximum atomic E-state index is 12.5.